The van der Waals surface area contributed by atoms with Crippen molar-refractivity contribution >= 4 is 24.3 Å². The third-order valence-corrected chi connectivity index (χ3v) is 5.68. The minimum Gasteiger partial charge on any atom is -0.399 e. The number of aryl methyl sites for hydroxylation is 1. The van der Waals surface area contributed by atoms with Gasteiger partial charge in [0.2, 0.25) is 0 Å². The molecule has 0 bridgehead atoms. The Morgan fingerprint density at radius 1 is 1.21 bits per heavy atom. The average molecular weight is 394 g/mol. The lowest BCUT2D eigenvalue weighted by atomic mass is 9.76. The Morgan fingerprint density at radius 2 is 1.79 bits per heavy atom. The third-order valence-electron chi connectivity index (χ3n) is 5.68. The Labute approximate surface area is 167 Å². The molecule has 1 heterocycles. The Morgan fingerprint density at radius 3 is 2.32 bits per heavy atom. The zero-order valence-corrected chi connectivity index (χ0v) is 18.2. The normalized spacial score (nSPS) is 18.2. The van der Waals surface area contributed by atoms with Crippen LogP contribution < -0.4 is 16.1 Å². The summed E-state index contributed by atoms with van der Waals surface area (Å²) in [6.07, 6.45) is 0.631. The van der Waals surface area contributed by atoms with Crippen LogP contribution in [0.25, 0.3) is 0 Å². The number of nitrogens with one attached hydrogen (secondary N) is 2. The van der Waals surface area contributed by atoms with Gasteiger partial charge in [-0.25, -0.2) is 9.18 Å². The monoisotopic (exact) mass is 394 g/mol. The van der Waals surface area contributed by atoms with Crippen molar-refractivity contribution in [3.8, 4) is 0 Å². The fourth-order valence-corrected chi connectivity index (χ4v) is 2.75. The summed E-state index contributed by atoms with van der Waals surface area (Å²) in [5.74, 6) is -0.509. The molecule has 0 unspecified atom stereocenters. The highest BCUT2D eigenvalue weighted by Gasteiger charge is 2.52. The first-order chi connectivity index (χ1) is 12.8. The molecular formula is C20H32BFN2O4. The molecule has 0 aliphatic carbocycles. The summed E-state index contributed by atoms with van der Waals surface area (Å²) in [4.78, 5) is 12.2. The maximum absolute atomic E-state index is 14.4. The molecule has 2 amide bonds. The van der Waals surface area contributed by atoms with E-state index in [0.717, 1.165) is 0 Å². The number of carbonyl (C=O) groups is 1. The lowest BCUT2D eigenvalue weighted by molar-refractivity contribution is 0.00578. The molecular weight excluding hydrogens is 362 g/mol. The van der Waals surface area contributed by atoms with Crippen LogP contribution in [0.2, 0.25) is 0 Å². The topological polar surface area (TPSA) is 68.8 Å². The van der Waals surface area contributed by atoms with Crippen LogP contribution in [0.3, 0.4) is 0 Å². The van der Waals surface area contributed by atoms with Gasteiger partial charge in [0.05, 0.1) is 22.5 Å². The molecule has 2 N–H and O–H groups in total. The van der Waals surface area contributed by atoms with E-state index in [1.54, 1.807) is 20.1 Å². The molecule has 28 heavy (non-hydrogen) atoms. The van der Waals surface area contributed by atoms with Gasteiger partial charge in [-0.3, -0.25) is 0 Å². The second-order valence-corrected chi connectivity index (χ2v) is 8.87. The number of carbonyl (C=O) groups excluding carboxylic acids is 1. The van der Waals surface area contributed by atoms with E-state index in [1.165, 1.54) is 6.07 Å². The van der Waals surface area contributed by atoms with Crippen LogP contribution in [0.4, 0.5) is 14.9 Å². The number of benzene rings is 1. The molecule has 0 spiro atoms. The van der Waals surface area contributed by atoms with Crippen LogP contribution in [-0.2, 0) is 14.0 Å². The van der Waals surface area contributed by atoms with Crippen LogP contribution >= 0.6 is 0 Å². The molecule has 1 aliphatic heterocycles. The fourth-order valence-electron chi connectivity index (χ4n) is 2.75. The van der Waals surface area contributed by atoms with Crippen molar-refractivity contribution in [2.24, 2.45) is 0 Å². The van der Waals surface area contributed by atoms with Gasteiger partial charge >= 0.3 is 13.1 Å². The predicted octanol–water partition coefficient (Wildman–Crippen LogP) is 3.37. The van der Waals surface area contributed by atoms with E-state index >= 15 is 0 Å². The molecule has 1 fully saturated rings. The molecule has 0 saturated carbocycles. The number of rotatable bonds is 6. The Bertz CT molecular complexity index is 721. The second-order valence-electron chi connectivity index (χ2n) is 8.87. The lowest BCUT2D eigenvalue weighted by Crippen LogP contribution is -2.41. The van der Waals surface area contributed by atoms with Crippen LogP contribution in [0, 0.1) is 12.7 Å². The summed E-state index contributed by atoms with van der Waals surface area (Å²) in [6, 6.07) is 2.48. The molecule has 0 aromatic heterocycles. The summed E-state index contributed by atoms with van der Waals surface area (Å²) >= 11 is 0. The number of urea groups is 1. The van der Waals surface area contributed by atoms with Crippen molar-refractivity contribution in [3.05, 3.63) is 23.5 Å². The van der Waals surface area contributed by atoms with E-state index in [1.807, 2.05) is 41.5 Å². The van der Waals surface area contributed by atoms with Gasteiger partial charge in [-0.2, -0.15) is 0 Å². The third kappa shape index (κ3) is 5.04. The summed E-state index contributed by atoms with van der Waals surface area (Å²) in [7, 11) is 0.996. The van der Waals surface area contributed by atoms with Gasteiger partial charge in [0.15, 0.2) is 0 Å². The summed E-state index contributed by atoms with van der Waals surface area (Å²) in [5.41, 5.74) is 0.125. The molecule has 6 nitrogen and oxygen atoms in total. The number of methoxy groups -OCH3 is 1. The summed E-state index contributed by atoms with van der Waals surface area (Å²) < 4.78 is 31.8. The number of halogens is 1. The molecule has 156 valence electrons. The van der Waals surface area contributed by atoms with Crippen molar-refractivity contribution < 1.29 is 23.2 Å². The lowest BCUT2D eigenvalue weighted by Gasteiger charge is -2.32. The van der Waals surface area contributed by atoms with Crippen molar-refractivity contribution in [3.63, 3.8) is 0 Å². The number of hydrogen-bond acceptors (Lipinski definition) is 4. The quantitative estimate of drug-likeness (QED) is 0.726. The summed E-state index contributed by atoms with van der Waals surface area (Å²) in [6.45, 7) is 13.9. The van der Waals surface area contributed by atoms with Gasteiger partial charge in [-0.05, 0) is 78.0 Å². The Kier molecular flexibility index (Phi) is 6.48. The molecule has 0 radical (unpaired) electrons. The van der Waals surface area contributed by atoms with E-state index in [9.17, 15) is 9.18 Å². The zero-order valence-electron chi connectivity index (χ0n) is 18.2. The second kappa shape index (κ2) is 8.01. The SMILES string of the molecule is COC(C)(C)CCNC(=O)Nc1cc(B2OC(C)(C)C(C)(C)O2)c(C)cc1F. The number of ether oxygens (including phenoxy) is 1. The maximum atomic E-state index is 14.4. The van der Waals surface area contributed by atoms with E-state index in [4.69, 9.17) is 14.0 Å². The standard InChI is InChI=1S/C20H32BFN2O4/c1-13-11-15(22)16(24-17(25)23-10-9-18(2,3)26-8)12-14(13)21-27-19(4,5)20(6,7)28-21/h11-12H,9-10H2,1-8H3,(H2,23,24,25). The van der Waals surface area contributed by atoms with Gasteiger partial charge < -0.3 is 24.7 Å². The van der Waals surface area contributed by atoms with Crippen molar-refractivity contribution in [2.45, 2.75) is 71.7 Å². The van der Waals surface area contributed by atoms with Crippen molar-refractivity contribution in [1.82, 2.24) is 5.32 Å². The van der Waals surface area contributed by atoms with Gasteiger partial charge in [-0.1, -0.05) is 0 Å². The Hall–Kier alpha value is -1.64. The maximum Gasteiger partial charge on any atom is 0.495 e. The molecule has 1 saturated heterocycles. The van der Waals surface area contributed by atoms with Crippen molar-refractivity contribution in [1.29, 1.82) is 0 Å². The molecule has 0 atom stereocenters. The highest BCUT2D eigenvalue weighted by molar-refractivity contribution is 6.62. The van der Waals surface area contributed by atoms with E-state index < -0.39 is 30.2 Å². The van der Waals surface area contributed by atoms with Crippen LogP contribution in [0.15, 0.2) is 12.1 Å². The summed E-state index contributed by atoms with van der Waals surface area (Å²) in [5, 5.41) is 5.29. The van der Waals surface area contributed by atoms with Crippen LogP contribution in [-0.4, -0.2) is 43.6 Å². The fraction of sp³-hybridized carbons (Fsp3) is 0.650. The number of anilines is 1. The first-order valence-corrected chi connectivity index (χ1v) is 9.54. The van der Waals surface area contributed by atoms with E-state index in [0.29, 0.717) is 24.0 Å². The van der Waals surface area contributed by atoms with Gasteiger partial charge in [-0.15, -0.1) is 0 Å². The first kappa shape index (κ1) is 22.7. The highest BCUT2D eigenvalue weighted by Crippen LogP contribution is 2.37. The van der Waals surface area contributed by atoms with E-state index in [-0.39, 0.29) is 11.3 Å². The van der Waals surface area contributed by atoms with Crippen LogP contribution in [0.1, 0.15) is 53.5 Å². The van der Waals surface area contributed by atoms with Gasteiger partial charge in [0.1, 0.15) is 5.82 Å². The van der Waals surface area contributed by atoms with Crippen molar-refractivity contribution in [2.75, 3.05) is 19.0 Å². The number of amides is 2. The highest BCUT2D eigenvalue weighted by atomic mass is 19.1. The number of hydrogen-bond donors (Lipinski definition) is 2. The minimum atomic E-state index is -0.628. The zero-order chi connectivity index (χ0) is 21.3. The molecule has 8 heteroatoms. The Balaban J connectivity index is 2.10. The molecule has 1 aliphatic rings. The van der Waals surface area contributed by atoms with Gasteiger partial charge in [0, 0.05) is 13.7 Å². The first-order valence-electron chi connectivity index (χ1n) is 9.54. The largest absolute Gasteiger partial charge is 0.495 e. The molecule has 1 aromatic rings. The minimum absolute atomic E-state index is 0.0822. The molecule has 1 aromatic carbocycles. The van der Waals surface area contributed by atoms with Crippen LogP contribution in [0.5, 0.6) is 0 Å². The van der Waals surface area contributed by atoms with E-state index in [2.05, 4.69) is 10.6 Å². The predicted molar refractivity (Wildman–Crippen MR) is 110 cm³/mol. The average Bonchev–Trinajstić information content (AvgIpc) is 2.77. The van der Waals surface area contributed by atoms with Gasteiger partial charge in [0.25, 0.3) is 0 Å². The molecule has 2 rings (SSSR count). The smallest absolute Gasteiger partial charge is 0.399 e.